The van der Waals surface area contributed by atoms with Crippen LogP contribution in [0.4, 0.5) is 0 Å². The van der Waals surface area contributed by atoms with Crippen molar-refractivity contribution in [2.75, 3.05) is 40.0 Å². The minimum Gasteiger partial charge on any atom is -0.466 e. The Hall–Kier alpha value is -0.910. The standard InChI is InChI=1S/C10H19NO4/c1-9(10(13)14-2)3-4-11-5-7-15-8-6-12/h3,11-12H,4-8H2,1-2H3. The molecule has 0 unspecified atom stereocenters. The van der Waals surface area contributed by atoms with Crippen molar-refractivity contribution >= 4 is 5.97 Å². The first kappa shape index (κ1) is 14.1. The Balaban J connectivity index is 3.40. The highest BCUT2D eigenvalue weighted by Gasteiger charge is 2.00. The van der Waals surface area contributed by atoms with E-state index >= 15 is 0 Å². The van der Waals surface area contributed by atoms with Gasteiger partial charge in [0.25, 0.3) is 0 Å². The second-order valence-corrected chi connectivity index (χ2v) is 2.92. The van der Waals surface area contributed by atoms with Crippen molar-refractivity contribution in [3.8, 4) is 0 Å². The van der Waals surface area contributed by atoms with Gasteiger partial charge in [0.15, 0.2) is 0 Å². The molecule has 0 bridgehead atoms. The quantitative estimate of drug-likeness (QED) is 0.332. The third kappa shape index (κ3) is 8.11. The van der Waals surface area contributed by atoms with Crippen LogP contribution in [0.25, 0.3) is 0 Å². The molecule has 0 radical (unpaired) electrons. The predicted molar refractivity (Wildman–Crippen MR) is 56.5 cm³/mol. The van der Waals surface area contributed by atoms with E-state index < -0.39 is 0 Å². The minimum atomic E-state index is -0.312. The van der Waals surface area contributed by atoms with E-state index in [0.717, 1.165) is 0 Å². The fourth-order valence-corrected chi connectivity index (χ4v) is 0.883. The highest BCUT2D eigenvalue weighted by Crippen LogP contribution is 1.93. The Morgan fingerprint density at radius 2 is 2.20 bits per heavy atom. The third-order valence-electron chi connectivity index (χ3n) is 1.72. The molecule has 0 heterocycles. The first-order valence-corrected chi connectivity index (χ1v) is 4.86. The summed E-state index contributed by atoms with van der Waals surface area (Å²) in [4.78, 5) is 10.9. The first-order valence-electron chi connectivity index (χ1n) is 4.86. The molecular formula is C10H19NO4. The Morgan fingerprint density at radius 3 is 2.80 bits per heavy atom. The molecular weight excluding hydrogens is 198 g/mol. The zero-order valence-corrected chi connectivity index (χ0v) is 9.28. The van der Waals surface area contributed by atoms with Crippen LogP contribution in [0.5, 0.6) is 0 Å². The Morgan fingerprint density at radius 1 is 1.47 bits per heavy atom. The first-order chi connectivity index (χ1) is 7.22. The average molecular weight is 217 g/mol. The van der Waals surface area contributed by atoms with Crippen molar-refractivity contribution in [2.45, 2.75) is 6.92 Å². The Labute approximate surface area is 90.1 Å². The van der Waals surface area contributed by atoms with Gasteiger partial charge in [-0.05, 0) is 6.92 Å². The lowest BCUT2D eigenvalue weighted by atomic mass is 10.3. The number of methoxy groups -OCH3 is 1. The van der Waals surface area contributed by atoms with Crippen LogP contribution in [-0.2, 0) is 14.3 Å². The highest BCUT2D eigenvalue weighted by atomic mass is 16.5. The second-order valence-electron chi connectivity index (χ2n) is 2.92. The van der Waals surface area contributed by atoms with Crippen LogP contribution in [0.3, 0.4) is 0 Å². The van der Waals surface area contributed by atoms with Crippen molar-refractivity contribution in [3.63, 3.8) is 0 Å². The molecule has 0 aliphatic carbocycles. The van der Waals surface area contributed by atoms with Gasteiger partial charge in [-0.1, -0.05) is 6.08 Å². The molecule has 0 rings (SSSR count). The van der Waals surface area contributed by atoms with E-state index in [9.17, 15) is 4.79 Å². The fourth-order valence-electron chi connectivity index (χ4n) is 0.883. The van der Waals surface area contributed by atoms with Gasteiger partial charge in [-0.2, -0.15) is 0 Å². The summed E-state index contributed by atoms with van der Waals surface area (Å²) < 4.78 is 9.57. The number of aliphatic hydroxyl groups excluding tert-OH is 1. The number of rotatable bonds is 8. The number of carbonyl (C=O) groups is 1. The molecule has 88 valence electrons. The van der Waals surface area contributed by atoms with Gasteiger partial charge in [-0.15, -0.1) is 0 Å². The lowest BCUT2D eigenvalue weighted by Crippen LogP contribution is -2.21. The Bertz CT molecular complexity index is 204. The fraction of sp³-hybridized carbons (Fsp3) is 0.700. The molecule has 0 aliphatic rings. The summed E-state index contributed by atoms with van der Waals surface area (Å²) in [6, 6.07) is 0. The molecule has 0 atom stereocenters. The molecule has 0 spiro atoms. The number of aliphatic hydroxyl groups is 1. The summed E-state index contributed by atoms with van der Waals surface area (Å²) in [5.41, 5.74) is 0.585. The van der Waals surface area contributed by atoms with Gasteiger partial charge in [0.05, 0.1) is 26.9 Å². The van der Waals surface area contributed by atoms with Gasteiger partial charge in [-0.3, -0.25) is 0 Å². The second kappa shape index (κ2) is 9.64. The number of ether oxygens (including phenoxy) is 2. The maximum Gasteiger partial charge on any atom is 0.333 e. The van der Waals surface area contributed by atoms with Crippen molar-refractivity contribution in [3.05, 3.63) is 11.6 Å². The number of esters is 1. The number of nitrogens with one attached hydrogen (secondary N) is 1. The molecule has 0 saturated carbocycles. The van der Waals surface area contributed by atoms with Crippen LogP contribution in [-0.4, -0.2) is 51.1 Å². The summed E-state index contributed by atoms with van der Waals surface area (Å²) in [6.45, 7) is 3.94. The molecule has 0 aromatic heterocycles. The van der Waals surface area contributed by atoms with Crippen LogP contribution in [0.15, 0.2) is 11.6 Å². The lowest BCUT2D eigenvalue weighted by Gasteiger charge is -2.03. The minimum absolute atomic E-state index is 0.0430. The zero-order chi connectivity index (χ0) is 11.5. The van der Waals surface area contributed by atoms with Crippen molar-refractivity contribution in [1.29, 1.82) is 0 Å². The Kier molecular flexibility index (Phi) is 9.05. The smallest absolute Gasteiger partial charge is 0.333 e. The molecule has 2 N–H and O–H groups in total. The number of hydrogen-bond acceptors (Lipinski definition) is 5. The van der Waals surface area contributed by atoms with Gasteiger partial charge >= 0.3 is 5.97 Å². The van der Waals surface area contributed by atoms with Crippen LogP contribution >= 0.6 is 0 Å². The van der Waals surface area contributed by atoms with Crippen LogP contribution in [0.2, 0.25) is 0 Å². The summed E-state index contributed by atoms with van der Waals surface area (Å²) in [5.74, 6) is -0.312. The van der Waals surface area contributed by atoms with Gasteiger partial charge in [0, 0.05) is 18.7 Å². The summed E-state index contributed by atoms with van der Waals surface area (Å²) in [6.07, 6.45) is 1.76. The SMILES string of the molecule is COC(=O)C(C)=CCNCCOCCO. The largest absolute Gasteiger partial charge is 0.466 e. The van der Waals surface area contributed by atoms with Gasteiger partial charge in [-0.25, -0.2) is 4.79 Å². The highest BCUT2D eigenvalue weighted by molar-refractivity contribution is 5.87. The van der Waals surface area contributed by atoms with Gasteiger partial charge in [0.2, 0.25) is 0 Å². The van der Waals surface area contributed by atoms with E-state index in [4.69, 9.17) is 9.84 Å². The van der Waals surface area contributed by atoms with Crippen LogP contribution in [0, 0.1) is 0 Å². The number of carbonyl (C=O) groups excluding carboxylic acids is 1. The maximum atomic E-state index is 10.9. The van der Waals surface area contributed by atoms with Gasteiger partial charge in [0.1, 0.15) is 0 Å². The van der Waals surface area contributed by atoms with Crippen molar-refractivity contribution in [1.82, 2.24) is 5.32 Å². The molecule has 15 heavy (non-hydrogen) atoms. The number of hydrogen-bond donors (Lipinski definition) is 2. The zero-order valence-electron chi connectivity index (χ0n) is 9.28. The molecule has 0 fully saturated rings. The normalized spacial score (nSPS) is 11.5. The van der Waals surface area contributed by atoms with E-state index in [1.807, 2.05) is 0 Å². The topological polar surface area (TPSA) is 67.8 Å². The van der Waals surface area contributed by atoms with Crippen molar-refractivity contribution < 1.29 is 19.4 Å². The lowest BCUT2D eigenvalue weighted by molar-refractivity contribution is -0.136. The van der Waals surface area contributed by atoms with Gasteiger partial charge < -0.3 is 19.9 Å². The summed E-state index contributed by atoms with van der Waals surface area (Å²) in [5, 5.41) is 11.5. The van der Waals surface area contributed by atoms with E-state index in [2.05, 4.69) is 10.1 Å². The predicted octanol–water partition coefficient (Wildman–Crippen LogP) is -0.296. The molecule has 0 aromatic carbocycles. The summed E-state index contributed by atoms with van der Waals surface area (Å²) >= 11 is 0. The maximum absolute atomic E-state index is 10.9. The molecule has 0 aliphatic heterocycles. The van der Waals surface area contributed by atoms with E-state index in [1.54, 1.807) is 13.0 Å². The summed E-state index contributed by atoms with van der Waals surface area (Å²) in [7, 11) is 1.36. The molecule has 0 aromatic rings. The average Bonchev–Trinajstić information content (AvgIpc) is 2.26. The molecule has 0 saturated heterocycles. The third-order valence-corrected chi connectivity index (χ3v) is 1.72. The van der Waals surface area contributed by atoms with Crippen LogP contribution < -0.4 is 5.32 Å². The van der Waals surface area contributed by atoms with E-state index in [1.165, 1.54) is 7.11 Å². The van der Waals surface area contributed by atoms with E-state index in [0.29, 0.717) is 31.9 Å². The molecule has 5 heteroatoms. The molecule has 5 nitrogen and oxygen atoms in total. The van der Waals surface area contributed by atoms with E-state index in [-0.39, 0.29) is 12.6 Å². The van der Waals surface area contributed by atoms with Crippen LogP contribution in [0.1, 0.15) is 6.92 Å². The molecule has 0 amide bonds. The van der Waals surface area contributed by atoms with Crippen molar-refractivity contribution in [2.24, 2.45) is 0 Å². The monoisotopic (exact) mass is 217 g/mol.